The van der Waals surface area contributed by atoms with Crippen molar-refractivity contribution >= 4 is 5.69 Å². The van der Waals surface area contributed by atoms with E-state index >= 15 is 0 Å². The van der Waals surface area contributed by atoms with Gasteiger partial charge in [-0.1, -0.05) is 73.6 Å². The molecule has 0 amide bonds. The fourth-order valence-corrected chi connectivity index (χ4v) is 2.65. The number of nitrogens with zero attached hydrogens (tertiary/aromatic N) is 1. The van der Waals surface area contributed by atoms with Gasteiger partial charge < -0.3 is 4.74 Å². The maximum Gasteiger partial charge on any atom is 0.162 e. The summed E-state index contributed by atoms with van der Waals surface area (Å²) in [5, 5.41) is 14.5. The van der Waals surface area contributed by atoms with Crippen LogP contribution in [0.25, 0.3) is 0 Å². The number of hydrogen-bond donors (Lipinski definition) is 0. The van der Waals surface area contributed by atoms with E-state index in [1.54, 1.807) is 0 Å². The number of hydroxylamine groups is 1. The molecule has 1 radical (unpaired) electrons. The monoisotopic (exact) mass is 362 g/mol. The van der Waals surface area contributed by atoms with E-state index in [9.17, 15) is 5.21 Å². The molecule has 0 heterocycles. The van der Waals surface area contributed by atoms with E-state index in [0.29, 0.717) is 5.69 Å². The Morgan fingerprint density at radius 2 is 1.12 bits per heavy atom. The Balaban J connectivity index is 3.51. The third-order valence-electron chi connectivity index (χ3n) is 4.32. The molecule has 0 spiro atoms. The van der Waals surface area contributed by atoms with Crippen molar-refractivity contribution in [3.8, 4) is 0 Å². The highest BCUT2D eigenvalue weighted by molar-refractivity contribution is 5.52. The molecular weight excluding hydrogens is 322 g/mol. The van der Waals surface area contributed by atoms with Gasteiger partial charge in [0.1, 0.15) is 0 Å². The third kappa shape index (κ3) is 6.28. The first-order valence-corrected chi connectivity index (χ1v) is 9.62. The zero-order chi connectivity index (χ0) is 20.7. The van der Waals surface area contributed by atoms with E-state index in [1.165, 1.54) is 11.1 Å². The molecule has 0 N–H and O–H groups in total. The normalized spacial score (nSPS) is 15.1. The molecule has 1 aromatic rings. The van der Waals surface area contributed by atoms with Crippen LogP contribution in [0.3, 0.4) is 0 Å². The zero-order valence-electron chi connectivity index (χ0n) is 19.1. The highest BCUT2D eigenvalue weighted by atomic mass is 16.6. The van der Waals surface area contributed by atoms with Gasteiger partial charge >= 0.3 is 0 Å². The van der Waals surface area contributed by atoms with Crippen LogP contribution in [0.4, 0.5) is 5.69 Å². The summed E-state index contributed by atoms with van der Waals surface area (Å²) in [6.45, 7) is 25.2. The SMILES string of the molecule is CC(C)(C)O[C@H](N([O])c1cc(C(C)(C)C)cc(C(C)(C)C)c1)C(C)(C)C. The summed E-state index contributed by atoms with van der Waals surface area (Å²) in [6.07, 6.45) is -0.564. The Kier molecular flexibility index (Phi) is 6.33. The molecule has 0 fully saturated rings. The topological polar surface area (TPSA) is 32.4 Å². The van der Waals surface area contributed by atoms with Crippen molar-refractivity contribution in [3.63, 3.8) is 0 Å². The highest BCUT2D eigenvalue weighted by Gasteiger charge is 2.36. The second-order valence-electron chi connectivity index (χ2n) is 11.5. The van der Waals surface area contributed by atoms with Crippen molar-refractivity contribution in [3.05, 3.63) is 29.3 Å². The summed E-state index contributed by atoms with van der Waals surface area (Å²) in [5.74, 6) is 0. The Labute approximate surface area is 161 Å². The molecule has 0 aliphatic rings. The van der Waals surface area contributed by atoms with Gasteiger partial charge in [-0.2, -0.15) is 5.06 Å². The molecule has 0 aliphatic carbocycles. The molecule has 0 saturated heterocycles. The van der Waals surface area contributed by atoms with Gasteiger partial charge in [0, 0.05) is 5.41 Å². The molecule has 0 unspecified atom stereocenters. The molecule has 1 aromatic carbocycles. The first-order chi connectivity index (χ1) is 11.3. The van der Waals surface area contributed by atoms with Crippen molar-refractivity contribution in [2.75, 3.05) is 5.06 Å². The maximum absolute atomic E-state index is 13.4. The standard InChI is InChI=1S/C23H40NO2/c1-20(2,3)16-13-17(21(4,5)6)15-18(14-16)24(25)19(22(7,8)9)26-23(10,11)12/h13-15,19H,1-12H3/t19-/m0/s1. The Bertz CT molecular complexity index is 575. The third-order valence-corrected chi connectivity index (χ3v) is 4.32. The van der Waals surface area contributed by atoms with Gasteiger partial charge in [-0.05, 0) is 54.9 Å². The largest absolute Gasteiger partial charge is 0.350 e. The van der Waals surface area contributed by atoms with Crippen LogP contribution in [-0.2, 0) is 20.8 Å². The van der Waals surface area contributed by atoms with Gasteiger partial charge in [0.15, 0.2) is 6.23 Å². The molecule has 0 aliphatic heterocycles. The smallest absolute Gasteiger partial charge is 0.162 e. The lowest BCUT2D eigenvalue weighted by molar-refractivity contribution is -0.145. The fraction of sp³-hybridized carbons (Fsp3) is 0.739. The Morgan fingerprint density at radius 3 is 1.38 bits per heavy atom. The van der Waals surface area contributed by atoms with Crippen molar-refractivity contribution in [2.45, 2.75) is 106 Å². The number of benzene rings is 1. The number of rotatable bonds is 3. The molecular formula is C23H40NO2. The summed E-state index contributed by atoms with van der Waals surface area (Å²) in [5.41, 5.74) is 2.25. The van der Waals surface area contributed by atoms with Gasteiger partial charge in [0.25, 0.3) is 0 Å². The molecule has 0 aromatic heterocycles. The summed E-state index contributed by atoms with van der Waals surface area (Å²) in [6, 6.07) is 6.27. The average Bonchev–Trinajstić information content (AvgIpc) is 2.39. The van der Waals surface area contributed by atoms with Gasteiger partial charge in [-0.15, -0.1) is 0 Å². The molecule has 26 heavy (non-hydrogen) atoms. The minimum Gasteiger partial charge on any atom is -0.350 e. The van der Waals surface area contributed by atoms with E-state index in [0.717, 1.165) is 5.06 Å². The van der Waals surface area contributed by atoms with Crippen molar-refractivity contribution < 1.29 is 9.94 Å². The number of hydrogen-bond acceptors (Lipinski definition) is 2. The van der Waals surface area contributed by atoms with Gasteiger partial charge in [0.05, 0.1) is 11.3 Å². The molecule has 3 heteroatoms. The van der Waals surface area contributed by atoms with E-state index in [-0.39, 0.29) is 16.2 Å². The van der Waals surface area contributed by atoms with Crippen LogP contribution in [0, 0.1) is 5.41 Å². The van der Waals surface area contributed by atoms with Crippen molar-refractivity contribution in [1.82, 2.24) is 0 Å². The second-order valence-corrected chi connectivity index (χ2v) is 11.5. The van der Waals surface area contributed by atoms with E-state index in [2.05, 4.69) is 47.6 Å². The van der Waals surface area contributed by atoms with E-state index in [1.807, 2.05) is 53.7 Å². The first kappa shape index (κ1) is 23.0. The number of ether oxygens (including phenoxy) is 1. The van der Waals surface area contributed by atoms with Crippen LogP contribution in [0.2, 0.25) is 0 Å². The molecule has 1 rings (SSSR count). The molecule has 1 atom stereocenters. The average molecular weight is 363 g/mol. The highest BCUT2D eigenvalue weighted by Crippen LogP contribution is 2.37. The van der Waals surface area contributed by atoms with E-state index in [4.69, 9.17) is 4.74 Å². The van der Waals surface area contributed by atoms with Crippen molar-refractivity contribution in [1.29, 1.82) is 0 Å². The molecule has 0 saturated carbocycles. The zero-order valence-corrected chi connectivity index (χ0v) is 19.1. The minimum absolute atomic E-state index is 0.0288. The lowest BCUT2D eigenvalue weighted by Crippen LogP contribution is -2.47. The quantitative estimate of drug-likeness (QED) is 0.447. The Morgan fingerprint density at radius 1 is 0.731 bits per heavy atom. The molecule has 149 valence electrons. The van der Waals surface area contributed by atoms with Crippen LogP contribution >= 0.6 is 0 Å². The van der Waals surface area contributed by atoms with E-state index < -0.39 is 11.8 Å². The Hall–Kier alpha value is -1.06. The summed E-state index contributed by atoms with van der Waals surface area (Å²) >= 11 is 0. The summed E-state index contributed by atoms with van der Waals surface area (Å²) in [7, 11) is 0. The van der Waals surface area contributed by atoms with Crippen LogP contribution in [-0.4, -0.2) is 11.8 Å². The fourth-order valence-electron chi connectivity index (χ4n) is 2.65. The van der Waals surface area contributed by atoms with Crippen LogP contribution in [0.1, 0.15) is 94.2 Å². The van der Waals surface area contributed by atoms with Gasteiger partial charge in [-0.3, -0.25) is 0 Å². The van der Waals surface area contributed by atoms with Crippen LogP contribution in [0.5, 0.6) is 0 Å². The second kappa shape index (κ2) is 7.16. The lowest BCUT2D eigenvalue weighted by atomic mass is 9.80. The first-order valence-electron chi connectivity index (χ1n) is 9.62. The van der Waals surface area contributed by atoms with Crippen LogP contribution in [0.15, 0.2) is 18.2 Å². The van der Waals surface area contributed by atoms with Gasteiger partial charge in [0.2, 0.25) is 0 Å². The predicted octanol–water partition coefficient (Wildman–Crippen LogP) is 6.62. The summed E-state index contributed by atoms with van der Waals surface area (Å²) in [4.78, 5) is 0. The minimum atomic E-state index is -0.564. The molecule has 3 nitrogen and oxygen atoms in total. The molecule has 0 bridgehead atoms. The van der Waals surface area contributed by atoms with Crippen LogP contribution < -0.4 is 5.06 Å². The van der Waals surface area contributed by atoms with Crippen molar-refractivity contribution in [2.24, 2.45) is 5.41 Å². The number of anilines is 1. The summed E-state index contributed by atoms with van der Waals surface area (Å²) < 4.78 is 6.18. The predicted molar refractivity (Wildman–Crippen MR) is 111 cm³/mol. The maximum atomic E-state index is 13.4. The van der Waals surface area contributed by atoms with Gasteiger partial charge in [-0.25, -0.2) is 0 Å². The lowest BCUT2D eigenvalue weighted by Gasteiger charge is -2.40.